The number of carboxylic acid groups (broad SMARTS) is 2. The molecule has 6 heteroatoms. The Bertz CT molecular complexity index is 1010. The van der Waals surface area contributed by atoms with Gasteiger partial charge in [0.15, 0.2) is 5.54 Å². The topological polar surface area (TPSA) is 102 Å². The van der Waals surface area contributed by atoms with E-state index in [0.29, 0.717) is 12.2 Å². The van der Waals surface area contributed by atoms with E-state index in [1.54, 1.807) is 0 Å². The number of aliphatic carboxylic acids is 2. The predicted octanol–water partition coefficient (Wildman–Crippen LogP) is 3.05. The summed E-state index contributed by atoms with van der Waals surface area (Å²) in [5.74, 6) is -2.10. The first-order chi connectivity index (χ1) is 13.0. The molecule has 2 aromatic carbocycles. The normalized spacial score (nSPS) is 21.7. The van der Waals surface area contributed by atoms with Crippen molar-refractivity contribution in [3.8, 4) is 0 Å². The number of fused-ring (bicyclic) bond motifs is 3. The highest BCUT2D eigenvalue weighted by Gasteiger charge is 2.48. The largest absolute Gasteiger partial charge is 0.481 e. The van der Waals surface area contributed by atoms with Crippen LogP contribution in [0, 0.1) is 0 Å². The highest BCUT2D eigenvalue weighted by Crippen LogP contribution is 2.43. The van der Waals surface area contributed by atoms with Crippen molar-refractivity contribution in [2.45, 2.75) is 24.3 Å². The van der Waals surface area contributed by atoms with E-state index in [0.717, 1.165) is 22.0 Å². The van der Waals surface area contributed by atoms with Gasteiger partial charge in [-0.3, -0.25) is 10.1 Å². The van der Waals surface area contributed by atoms with Gasteiger partial charge in [0.2, 0.25) is 0 Å². The van der Waals surface area contributed by atoms with E-state index in [9.17, 15) is 14.7 Å². The van der Waals surface area contributed by atoms with Crippen LogP contribution in [-0.2, 0) is 15.1 Å². The summed E-state index contributed by atoms with van der Waals surface area (Å²) >= 11 is 0. The number of para-hydroxylation sites is 1. The smallest absolute Gasteiger partial charge is 0.330 e. The van der Waals surface area contributed by atoms with Gasteiger partial charge in [-0.15, -0.1) is 0 Å². The molecule has 1 aromatic heterocycles. The lowest BCUT2D eigenvalue weighted by Gasteiger charge is -2.38. The Kier molecular flexibility index (Phi) is 4.20. The van der Waals surface area contributed by atoms with Gasteiger partial charge in [0, 0.05) is 29.8 Å². The third-order valence-electron chi connectivity index (χ3n) is 5.41. The van der Waals surface area contributed by atoms with E-state index >= 15 is 0 Å². The minimum Gasteiger partial charge on any atom is -0.481 e. The number of benzene rings is 2. The molecule has 0 amide bonds. The average molecular weight is 364 g/mol. The van der Waals surface area contributed by atoms with Crippen molar-refractivity contribution in [3.05, 3.63) is 71.4 Å². The molecule has 0 saturated carbocycles. The zero-order valence-corrected chi connectivity index (χ0v) is 14.6. The summed E-state index contributed by atoms with van der Waals surface area (Å²) in [6.45, 7) is 0.421. The van der Waals surface area contributed by atoms with Crippen LogP contribution in [0.5, 0.6) is 0 Å². The van der Waals surface area contributed by atoms with Crippen LogP contribution in [-0.4, -0.2) is 33.7 Å². The molecule has 6 nitrogen and oxygen atoms in total. The minimum absolute atomic E-state index is 0.0188. The van der Waals surface area contributed by atoms with Gasteiger partial charge in [-0.1, -0.05) is 48.5 Å². The second-order valence-electron chi connectivity index (χ2n) is 6.91. The van der Waals surface area contributed by atoms with Crippen molar-refractivity contribution in [2.24, 2.45) is 0 Å². The molecule has 3 aromatic rings. The highest BCUT2D eigenvalue weighted by atomic mass is 16.4. The quantitative estimate of drug-likeness (QED) is 0.557. The van der Waals surface area contributed by atoms with Crippen LogP contribution in [0.1, 0.15) is 35.6 Å². The van der Waals surface area contributed by atoms with Crippen molar-refractivity contribution >= 4 is 22.8 Å². The first-order valence-electron chi connectivity index (χ1n) is 8.89. The van der Waals surface area contributed by atoms with Gasteiger partial charge in [0.25, 0.3) is 0 Å². The van der Waals surface area contributed by atoms with Gasteiger partial charge < -0.3 is 15.2 Å². The molecule has 1 aliphatic heterocycles. The zero-order valence-electron chi connectivity index (χ0n) is 14.6. The summed E-state index contributed by atoms with van der Waals surface area (Å²) in [4.78, 5) is 26.7. The van der Waals surface area contributed by atoms with E-state index in [1.165, 1.54) is 0 Å². The summed E-state index contributed by atoms with van der Waals surface area (Å²) in [6.07, 6.45) is -0.261. The SMILES string of the molecule is O=C(O)CCC1(C(=O)O)NCC(c2ccccc2)c2c1[nH]c1ccccc21. The van der Waals surface area contributed by atoms with Gasteiger partial charge in [-0.25, -0.2) is 4.79 Å². The Morgan fingerprint density at radius 2 is 1.74 bits per heavy atom. The van der Waals surface area contributed by atoms with E-state index < -0.39 is 17.5 Å². The van der Waals surface area contributed by atoms with Crippen molar-refractivity contribution in [2.75, 3.05) is 6.54 Å². The van der Waals surface area contributed by atoms with Crippen LogP contribution < -0.4 is 5.32 Å². The lowest BCUT2D eigenvalue weighted by molar-refractivity contribution is -0.147. The second-order valence-corrected chi connectivity index (χ2v) is 6.91. The van der Waals surface area contributed by atoms with Gasteiger partial charge in [0.05, 0.1) is 5.69 Å². The van der Waals surface area contributed by atoms with Gasteiger partial charge in [-0.2, -0.15) is 0 Å². The molecule has 0 aliphatic carbocycles. The zero-order chi connectivity index (χ0) is 19.0. The summed E-state index contributed by atoms with van der Waals surface area (Å²) < 4.78 is 0. The Labute approximate surface area is 155 Å². The number of hydrogen-bond acceptors (Lipinski definition) is 3. The Morgan fingerprint density at radius 1 is 1.04 bits per heavy atom. The molecule has 27 heavy (non-hydrogen) atoms. The molecule has 0 saturated heterocycles. The van der Waals surface area contributed by atoms with E-state index in [-0.39, 0.29) is 18.8 Å². The van der Waals surface area contributed by atoms with E-state index in [2.05, 4.69) is 10.3 Å². The lowest BCUT2D eigenvalue weighted by atomic mass is 9.77. The molecule has 1 aliphatic rings. The minimum atomic E-state index is -1.45. The van der Waals surface area contributed by atoms with Crippen LogP contribution in [0.25, 0.3) is 10.9 Å². The number of nitrogens with one attached hydrogen (secondary N) is 2. The number of aromatic amines is 1. The van der Waals surface area contributed by atoms with Crippen molar-refractivity contribution in [1.82, 2.24) is 10.3 Å². The molecule has 0 fully saturated rings. The third-order valence-corrected chi connectivity index (χ3v) is 5.41. The van der Waals surface area contributed by atoms with Crippen LogP contribution in [0.3, 0.4) is 0 Å². The number of carbonyl (C=O) groups is 2. The molecule has 0 radical (unpaired) electrons. The van der Waals surface area contributed by atoms with Gasteiger partial charge in [0.1, 0.15) is 0 Å². The van der Waals surface area contributed by atoms with Crippen LogP contribution in [0.2, 0.25) is 0 Å². The maximum atomic E-state index is 12.3. The second kappa shape index (κ2) is 6.55. The monoisotopic (exact) mass is 364 g/mol. The van der Waals surface area contributed by atoms with Crippen LogP contribution in [0.4, 0.5) is 0 Å². The summed E-state index contributed by atoms with van der Waals surface area (Å²) in [5, 5.41) is 23.3. The Balaban J connectivity index is 1.94. The standard InChI is InChI=1S/C21H20N2O4/c24-17(25)10-11-21(20(26)27)19-18(14-8-4-5-9-16(14)23-19)15(12-22-21)13-6-2-1-3-7-13/h1-9,15,22-23H,10-12H2,(H,24,25)(H,26,27). The fraction of sp³-hybridized carbons (Fsp3) is 0.238. The molecule has 2 heterocycles. The number of carboxylic acids is 2. The fourth-order valence-corrected chi connectivity index (χ4v) is 4.10. The van der Waals surface area contributed by atoms with Gasteiger partial charge >= 0.3 is 11.9 Å². The van der Waals surface area contributed by atoms with Gasteiger partial charge in [-0.05, 0) is 23.6 Å². The summed E-state index contributed by atoms with van der Waals surface area (Å²) in [7, 11) is 0. The molecule has 0 bridgehead atoms. The molecular weight excluding hydrogens is 344 g/mol. The van der Waals surface area contributed by atoms with E-state index in [1.807, 2.05) is 54.6 Å². The van der Waals surface area contributed by atoms with E-state index in [4.69, 9.17) is 5.11 Å². The lowest BCUT2D eigenvalue weighted by Crippen LogP contribution is -2.54. The maximum Gasteiger partial charge on any atom is 0.330 e. The molecule has 2 unspecified atom stereocenters. The maximum absolute atomic E-state index is 12.3. The van der Waals surface area contributed by atoms with Crippen LogP contribution >= 0.6 is 0 Å². The van der Waals surface area contributed by atoms with Crippen molar-refractivity contribution in [3.63, 3.8) is 0 Å². The number of H-pyrrole nitrogens is 1. The molecule has 138 valence electrons. The molecular formula is C21H20N2O4. The highest BCUT2D eigenvalue weighted by molar-refractivity contribution is 5.91. The number of hydrogen-bond donors (Lipinski definition) is 4. The first kappa shape index (κ1) is 17.3. The first-order valence-corrected chi connectivity index (χ1v) is 8.89. The summed E-state index contributed by atoms with van der Waals surface area (Å²) in [6, 6.07) is 17.7. The number of rotatable bonds is 5. The molecule has 4 rings (SSSR count). The number of aromatic nitrogens is 1. The third kappa shape index (κ3) is 2.78. The average Bonchev–Trinajstić information content (AvgIpc) is 3.07. The van der Waals surface area contributed by atoms with Crippen molar-refractivity contribution in [1.29, 1.82) is 0 Å². The fourth-order valence-electron chi connectivity index (χ4n) is 4.10. The predicted molar refractivity (Wildman–Crippen MR) is 101 cm³/mol. The molecule has 2 atom stereocenters. The van der Waals surface area contributed by atoms with Crippen LogP contribution in [0.15, 0.2) is 54.6 Å². The Morgan fingerprint density at radius 3 is 2.44 bits per heavy atom. The summed E-state index contributed by atoms with van der Waals surface area (Å²) in [5.41, 5.74) is 1.99. The Hall–Kier alpha value is -3.12. The van der Waals surface area contributed by atoms with Crippen molar-refractivity contribution < 1.29 is 19.8 Å². The molecule has 4 N–H and O–H groups in total. The molecule has 0 spiro atoms.